The summed E-state index contributed by atoms with van der Waals surface area (Å²) >= 11 is 0. The van der Waals surface area contributed by atoms with Crippen LogP contribution in [0.5, 0.6) is 0 Å². The summed E-state index contributed by atoms with van der Waals surface area (Å²) in [6.07, 6.45) is 34.5. The van der Waals surface area contributed by atoms with Gasteiger partial charge in [0.25, 0.3) is 0 Å². The van der Waals surface area contributed by atoms with Crippen LogP contribution in [-0.4, -0.2) is 98.9 Å². The standard InChI is InChI=1S/C51H101O12P/c1-3-5-7-9-11-13-15-17-19-21-22-23-24-26-28-30-32-34-36-38-40-45(52)62-44(43-61-64(58,59)63-51-49(56)47(54)46(53)48(55)50(51)57)42-60-41-39-37-35-33-31-29-27-25-20-18-16-14-12-10-8-6-4-2/h44,46-51,53-57H,3-43H2,1-2H3,(H,58,59). The lowest BCUT2D eigenvalue weighted by atomic mass is 9.85. The number of phosphoric acid groups is 1. The van der Waals surface area contributed by atoms with Gasteiger partial charge in [-0.25, -0.2) is 4.57 Å². The van der Waals surface area contributed by atoms with Gasteiger partial charge < -0.3 is 39.9 Å². The van der Waals surface area contributed by atoms with Gasteiger partial charge in [-0.15, -0.1) is 0 Å². The highest BCUT2D eigenvalue weighted by Gasteiger charge is 2.51. The van der Waals surface area contributed by atoms with Crippen LogP contribution in [0.25, 0.3) is 0 Å². The van der Waals surface area contributed by atoms with Gasteiger partial charge in [0.1, 0.15) is 42.7 Å². The average Bonchev–Trinajstić information content (AvgIpc) is 3.28. The molecule has 12 nitrogen and oxygen atoms in total. The van der Waals surface area contributed by atoms with E-state index >= 15 is 0 Å². The minimum Gasteiger partial charge on any atom is -0.457 e. The molecule has 1 aliphatic rings. The number of hydrogen-bond donors (Lipinski definition) is 6. The smallest absolute Gasteiger partial charge is 0.457 e. The van der Waals surface area contributed by atoms with Crippen LogP contribution in [0.1, 0.15) is 258 Å². The molecule has 0 aliphatic heterocycles. The molecule has 0 aromatic carbocycles. The minimum atomic E-state index is -5.01. The van der Waals surface area contributed by atoms with Crippen molar-refractivity contribution in [1.82, 2.24) is 0 Å². The molecule has 0 aromatic rings. The molecular weight excluding hydrogens is 836 g/mol. The maximum absolute atomic E-state index is 12.9. The van der Waals surface area contributed by atoms with Crippen LogP contribution in [0, 0.1) is 0 Å². The van der Waals surface area contributed by atoms with E-state index in [4.69, 9.17) is 18.5 Å². The lowest BCUT2D eigenvalue weighted by Crippen LogP contribution is -2.64. The average molecular weight is 937 g/mol. The Bertz CT molecular complexity index is 1070. The predicted octanol–water partition coefficient (Wildman–Crippen LogP) is 12.1. The summed E-state index contributed by atoms with van der Waals surface area (Å²) in [7, 11) is -5.01. The summed E-state index contributed by atoms with van der Waals surface area (Å²) in [6.45, 7) is 4.33. The first-order valence-corrected chi connectivity index (χ1v) is 28.4. The molecule has 0 bridgehead atoms. The molecule has 0 radical (unpaired) electrons. The lowest BCUT2D eigenvalue weighted by molar-refractivity contribution is -0.220. The van der Waals surface area contributed by atoms with Gasteiger partial charge in [-0.3, -0.25) is 13.8 Å². The predicted molar refractivity (Wildman–Crippen MR) is 258 cm³/mol. The molecular formula is C51H101O12P. The van der Waals surface area contributed by atoms with Gasteiger partial charge in [-0.05, 0) is 12.8 Å². The molecule has 1 saturated carbocycles. The lowest BCUT2D eigenvalue weighted by Gasteiger charge is -2.41. The van der Waals surface area contributed by atoms with Crippen molar-refractivity contribution in [2.45, 2.75) is 301 Å². The number of esters is 1. The first-order chi connectivity index (χ1) is 31.0. The monoisotopic (exact) mass is 937 g/mol. The molecule has 64 heavy (non-hydrogen) atoms. The topological polar surface area (TPSA) is 192 Å². The van der Waals surface area contributed by atoms with Crippen molar-refractivity contribution < 1.29 is 58.3 Å². The van der Waals surface area contributed by atoms with Gasteiger partial charge in [-0.1, -0.05) is 239 Å². The van der Waals surface area contributed by atoms with E-state index in [-0.39, 0.29) is 13.0 Å². The van der Waals surface area contributed by atoms with Gasteiger partial charge in [0.05, 0.1) is 13.2 Å². The Balaban J connectivity index is 2.30. The summed E-state index contributed by atoms with van der Waals surface area (Å²) in [5.41, 5.74) is 0. The number of phosphoric ester groups is 1. The van der Waals surface area contributed by atoms with Crippen molar-refractivity contribution in [3.63, 3.8) is 0 Å². The fraction of sp³-hybridized carbons (Fsp3) is 0.980. The molecule has 0 saturated heterocycles. The van der Waals surface area contributed by atoms with Crippen LogP contribution < -0.4 is 0 Å². The number of unbranched alkanes of at least 4 members (excludes halogenated alkanes) is 35. The fourth-order valence-corrected chi connectivity index (χ4v) is 9.68. The summed E-state index contributed by atoms with van der Waals surface area (Å²) in [6, 6.07) is 0. The first kappa shape index (κ1) is 61.4. The highest BCUT2D eigenvalue weighted by molar-refractivity contribution is 7.47. The number of aliphatic hydroxyl groups is 5. The second-order valence-corrected chi connectivity index (χ2v) is 20.5. The molecule has 6 atom stereocenters. The van der Waals surface area contributed by atoms with Crippen LogP contribution >= 0.6 is 7.82 Å². The SMILES string of the molecule is CCCCCCCCCCCCCCCCCCCCCCC(=O)OC(COCCCCCCCCCCCCCCCCCCC)COP(=O)(O)OC1C(O)C(O)C(O)C(O)C1O. The second-order valence-electron chi connectivity index (χ2n) is 19.1. The van der Waals surface area contributed by atoms with Crippen molar-refractivity contribution in [3.8, 4) is 0 Å². The van der Waals surface area contributed by atoms with Gasteiger partial charge in [0.2, 0.25) is 0 Å². The Hall–Kier alpha value is -0.660. The Morgan fingerprint density at radius 1 is 0.438 bits per heavy atom. The van der Waals surface area contributed by atoms with E-state index in [2.05, 4.69) is 13.8 Å². The summed E-state index contributed by atoms with van der Waals surface area (Å²) in [5.74, 6) is -0.468. The Labute approximate surface area is 391 Å². The molecule has 382 valence electrons. The zero-order chi connectivity index (χ0) is 46.9. The molecule has 0 aromatic heterocycles. The van der Waals surface area contributed by atoms with Crippen LogP contribution in [-0.2, 0) is 27.9 Å². The normalized spacial score (nSPS) is 21.6. The molecule has 6 N–H and O–H groups in total. The van der Waals surface area contributed by atoms with E-state index in [1.807, 2.05) is 0 Å². The molecule has 0 amide bonds. The maximum Gasteiger partial charge on any atom is 0.472 e. The minimum absolute atomic E-state index is 0.0673. The van der Waals surface area contributed by atoms with E-state index in [1.54, 1.807) is 0 Å². The van der Waals surface area contributed by atoms with Gasteiger partial charge >= 0.3 is 13.8 Å². The third-order valence-electron chi connectivity index (χ3n) is 13.0. The third kappa shape index (κ3) is 33.8. The summed E-state index contributed by atoms with van der Waals surface area (Å²) < 4.78 is 34.3. The molecule has 1 rings (SSSR count). The second kappa shape index (κ2) is 42.4. The number of ether oxygens (including phenoxy) is 2. The van der Waals surface area contributed by atoms with Gasteiger partial charge in [-0.2, -0.15) is 0 Å². The zero-order valence-corrected chi connectivity index (χ0v) is 42.0. The molecule has 1 fully saturated rings. The van der Waals surface area contributed by atoms with Crippen LogP contribution in [0.2, 0.25) is 0 Å². The maximum atomic E-state index is 12.9. The summed E-state index contributed by atoms with van der Waals surface area (Å²) in [4.78, 5) is 23.3. The number of carbonyl (C=O) groups excluding carboxylic acids is 1. The number of aliphatic hydroxyl groups excluding tert-OH is 5. The number of carbonyl (C=O) groups is 1. The Morgan fingerprint density at radius 2 is 0.734 bits per heavy atom. The molecule has 1 aliphatic carbocycles. The van der Waals surface area contributed by atoms with E-state index in [0.29, 0.717) is 13.0 Å². The fourth-order valence-electron chi connectivity index (χ4n) is 8.71. The van der Waals surface area contributed by atoms with Gasteiger partial charge in [0.15, 0.2) is 0 Å². The van der Waals surface area contributed by atoms with E-state index < -0.39 is 63.1 Å². The van der Waals surface area contributed by atoms with Crippen molar-refractivity contribution in [2.24, 2.45) is 0 Å². The third-order valence-corrected chi connectivity index (χ3v) is 14.0. The number of rotatable bonds is 47. The number of hydrogen-bond acceptors (Lipinski definition) is 11. The van der Waals surface area contributed by atoms with Crippen molar-refractivity contribution >= 4 is 13.8 Å². The molecule has 6 unspecified atom stereocenters. The van der Waals surface area contributed by atoms with Crippen LogP contribution in [0.15, 0.2) is 0 Å². The Morgan fingerprint density at radius 3 is 1.08 bits per heavy atom. The highest BCUT2D eigenvalue weighted by atomic mass is 31.2. The quantitative estimate of drug-likeness (QED) is 0.0192. The van der Waals surface area contributed by atoms with Crippen molar-refractivity contribution in [2.75, 3.05) is 19.8 Å². The molecule has 13 heteroatoms. The Kier molecular flexibility index (Phi) is 40.7. The largest absolute Gasteiger partial charge is 0.472 e. The van der Waals surface area contributed by atoms with Crippen LogP contribution in [0.3, 0.4) is 0 Å². The van der Waals surface area contributed by atoms with Gasteiger partial charge in [0, 0.05) is 13.0 Å². The zero-order valence-electron chi connectivity index (χ0n) is 41.1. The van der Waals surface area contributed by atoms with E-state index in [1.165, 1.54) is 193 Å². The molecule has 0 heterocycles. The first-order valence-electron chi connectivity index (χ1n) is 26.9. The summed E-state index contributed by atoms with van der Waals surface area (Å²) in [5, 5.41) is 50.3. The van der Waals surface area contributed by atoms with Crippen molar-refractivity contribution in [1.29, 1.82) is 0 Å². The van der Waals surface area contributed by atoms with E-state index in [0.717, 1.165) is 38.5 Å². The van der Waals surface area contributed by atoms with E-state index in [9.17, 15) is 39.8 Å². The van der Waals surface area contributed by atoms with Crippen molar-refractivity contribution in [3.05, 3.63) is 0 Å². The molecule has 0 spiro atoms. The highest BCUT2D eigenvalue weighted by Crippen LogP contribution is 2.47. The van der Waals surface area contributed by atoms with Crippen LogP contribution in [0.4, 0.5) is 0 Å².